The molecule has 0 heterocycles. The molecule has 2 rings (SSSR count). The normalized spacial score (nSPS) is 16.4. The van der Waals surface area contributed by atoms with E-state index in [9.17, 15) is 9.59 Å². The second-order valence-corrected chi connectivity index (χ2v) is 4.91. The van der Waals surface area contributed by atoms with Gasteiger partial charge in [0.2, 0.25) is 0 Å². The zero-order valence-electron chi connectivity index (χ0n) is 11.0. The quantitative estimate of drug-likeness (QED) is 0.842. The summed E-state index contributed by atoms with van der Waals surface area (Å²) in [6.45, 7) is 0. The van der Waals surface area contributed by atoms with Gasteiger partial charge in [0.25, 0.3) is 5.91 Å². The number of rotatable bonds is 4. The monoisotopic (exact) mass is 257 g/mol. The minimum Gasteiger partial charge on any atom is -0.328 e. The van der Waals surface area contributed by atoms with Crippen LogP contribution in [0.1, 0.15) is 42.5 Å². The third-order valence-electron chi connectivity index (χ3n) is 3.51. The molecule has 0 atom stereocenters. The van der Waals surface area contributed by atoms with Crippen molar-refractivity contribution in [1.82, 2.24) is 5.32 Å². The summed E-state index contributed by atoms with van der Waals surface area (Å²) in [7, 11) is 0. The lowest BCUT2D eigenvalue weighted by atomic mass is 9.86. The van der Waals surface area contributed by atoms with Crippen LogP contribution in [0.15, 0.2) is 42.6 Å². The highest BCUT2D eigenvalue weighted by Gasteiger charge is 2.18. The fourth-order valence-corrected chi connectivity index (χ4v) is 2.40. The van der Waals surface area contributed by atoms with Gasteiger partial charge in [0.15, 0.2) is 5.78 Å². The van der Waals surface area contributed by atoms with Gasteiger partial charge in [-0.25, -0.2) is 0 Å². The summed E-state index contributed by atoms with van der Waals surface area (Å²) >= 11 is 0. The highest BCUT2D eigenvalue weighted by Crippen LogP contribution is 2.24. The molecule has 0 radical (unpaired) electrons. The molecule has 1 N–H and O–H groups in total. The van der Waals surface area contributed by atoms with E-state index < -0.39 is 0 Å². The number of allylic oxidation sites excluding steroid dienone is 1. The van der Waals surface area contributed by atoms with Crippen molar-refractivity contribution < 1.29 is 9.59 Å². The van der Waals surface area contributed by atoms with Gasteiger partial charge in [0.1, 0.15) is 0 Å². The van der Waals surface area contributed by atoms with E-state index in [-0.39, 0.29) is 17.6 Å². The minimum absolute atomic E-state index is 0.132. The standard InChI is InChI=1S/C16H19NO2/c18-15(13-7-3-1-4-8-13)11-12-17-16(19)14-9-5-2-6-10-14/h2,5-6,9-13H,1,3-4,7-8H2,(H,17,19)/b12-11-. The molecule has 19 heavy (non-hydrogen) atoms. The van der Waals surface area contributed by atoms with Crippen molar-refractivity contribution in [3.63, 3.8) is 0 Å². The molecule has 0 saturated heterocycles. The van der Waals surface area contributed by atoms with Gasteiger partial charge in [-0.15, -0.1) is 0 Å². The van der Waals surface area contributed by atoms with Gasteiger partial charge in [-0.2, -0.15) is 0 Å². The lowest BCUT2D eigenvalue weighted by molar-refractivity contribution is -0.119. The number of nitrogens with one attached hydrogen (secondary N) is 1. The largest absolute Gasteiger partial charge is 0.328 e. The first-order valence-electron chi connectivity index (χ1n) is 6.83. The van der Waals surface area contributed by atoms with Gasteiger partial charge in [-0.3, -0.25) is 9.59 Å². The van der Waals surface area contributed by atoms with Crippen LogP contribution in [0.25, 0.3) is 0 Å². The Labute approximate surface area is 113 Å². The van der Waals surface area contributed by atoms with E-state index in [4.69, 9.17) is 0 Å². The van der Waals surface area contributed by atoms with Crippen LogP contribution in [0.5, 0.6) is 0 Å². The molecular formula is C16H19NO2. The van der Waals surface area contributed by atoms with Crippen molar-refractivity contribution >= 4 is 11.7 Å². The first kappa shape index (κ1) is 13.5. The summed E-state index contributed by atoms with van der Waals surface area (Å²) in [5, 5.41) is 2.63. The van der Waals surface area contributed by atoms with E-state index in [1.807, 2.05) is 18.2 Å². The van der Waals surface area contributed by atoms with Gasteiger partial charge in [0.05, 0.1) is 0 Å². The molecule has 1 aromatic rings. The van der Waals surface area contributed by atoms with Crippen molar-refractivity contribution in [3.05, 3.63) is 48.2 Å². The Morgan fingerprint density at radius 1 is 1.05 bits per heavy atom. The Balaban J connectivity index is 1.82. The number of benzene rings is 1. The Morgan fingerprint density at radius 3 is 2.42 bits per heavy atom. The third kappa shape index (κ3) is 4.05. The number of ketones is 1. The van der Waals surface area contributed by atoms with Crippen molar-refractivity contribution in [2.24, 2.45) is 5.92 Å². The van der Waals surface area contributed by atoms with Gasteiger partial charge in [-0.05, 0) is 31.1 Å². The zero-order chi connectivity index (χ0) is 13.5. The Morgan fingerprint density at radius 2 is 1.74 bits per heavy atom. The average Bonchev–Trinajstić information content (AvgIpc) is 2.49. The second kappa shape index (κ2) is 6.88. The predicted octanol–water partition coefficient (Wildman–Crippen LogP) is 3.08. The third-order valence-corrected chi connectivity index (χ3v) is 3.51. The molecule has 1 aromatic carbocycles. The highest BCUT2D eigenvalue weighted by atomic mass is 16.1. The highest BCUT2D eigenvalue weighted by molar-refractivity contribution is 5.96. The zero-order valence-corrected chi connectivity index (χ0v) is 11.0. The molecule has 0 aliphatic heterocycles. The van der Waals surface area contributed by atoms with Gasteiger partial charge in [-0.1, -0.05) is 37.5 Å². The van der Waals surface area contributed by atoms with Crippen molar-refractivity contribution in [2.45, 2.75) is 32.1 Å². The summed E-state index contributed by atoms with van der Waals surface area (Å²) in [6, 6.07) is 8.97. The number of carbonyl (C=O) groups is 2. The molecule has 3 heteroatoms. The smallest absolute Gasteiger partial charge is 0.255 e. The average molecular weight is 257 g/mol. The van der Waals surface area contributed by atoms with E-state index in [2.05, 4.69) is 5.32 Å². The fourth-order valence-electron chi connectivity index (χ4n) is 2.40. The van der Waals surface area contributed by atoms with Crippen molar-refractivity contribution in [3.8, 4) is 0 Å². The molecule has 100 valence electrons. The van der Waals surface area contributed by atoms with E-state index in [1.54, 1.807) is 12.1 Å². The van der Waals surface area contributed by atoms with Crippen LogP contribution in [0, 0.1) is 5.92 Å². The molecule has 1 amide bonds. The first-order chi connectivity index (χ1) is 9.27. The Bertz CT molecular complexity index is 459. The minimum atomic E-state index is -0.187. The van der Waals surface area contributed by atoms with E-state index in [0.717, 1.165) is 25.7 Å². The Hall–Kier alpha value is -1.90. The van der Waals surface area contributed by atoms with E-state index in [0.29, 0.717) is 5.56 Å². The summed E-state index contributed by atoms with van der Waals surface area (Å²) in [4.78, 5) is 23.6. The van der Waals surface area contributed by atoms with Crippen LogP contribution >= 0.6 is 0 Å². The number of hydrogen-bond donors (Lipinski definition) is 1. The van der Waals surface area contributed by atoms with Crippen molar-refractivity contribution in [2.75, 3.05) is 0 Å². The van der Waals surface area contributed by atoms with Crippen LogP contribution in [0.4, 0.5) is 0 Å². The fraction of sp³-hybridized carbons (Fsp3) is 0.375. The maximum Gasteiger partial charge on any atom is 0.255 e. The molecule has 0 bridgehead atoms. The summed E-state index contributed by atoms with van der Waals surface area (Å²) < 4.78 is 0. The van der Waals surface area contributed by atoms with Gasteiger partial charge in [0, 0.05) is 17.7 Å². The van der Waals surface area contributed by atoms with Crippen LogP contribution in [-0.4, -0.2) is 11.7 Å². The molecule has 1 fully saturated rings. The number of hydrogen-bond acceptors (Lipinski definition) is 2. The molecule has 0 aromatic heterocycles. The first-order valence-corrected chi connectivity index (χ1v) is 6.83. The predicted molar refractivity (Wildman–Crippen MR) is 74.6 cm³/mol. The SMILES string of the molecule is O=C(N/C=C\C(=O)C1CCCCC1)c1ccccc1. The van der Waals surface area contributed by atoms with Crippen LogP contribution in [-0.2, 0) is 4.79 Å². The maximum atomic E-state index is 11.9. The van der Waals surface area contributed by atoms with Gasteiger partial charge >= 0.3 is 0 Å². The summed E-state index contributed by atoms with van der Waals surface area (Å²) in [5.74, 6) is 0.0972. The molecule has 3 nitrogen and oxygen atoms in total. The molecule has 0 spiro atoms. The molecule has 0 unspecified atom stereocenters. The van der Waals surface area contributed by atoms with Crippen LogP contribution in [0.3, 0.4) is 0 Å². The molecular weight excluding hydrogens is 238 g/mol. The van der Waals surface area contributed by atoms with Gasteiger partial charge < -0.3 is 5.32 Å². The summed E-state index contributed by atoms with van der Waals surface area (Å²) in [5.41, 5.74) is 0.595. The lowest BCUT2D eigenvalue weighted by Gasteiger charge is -2.18. The number of carbonyl (C=O) groups excluding carboxylic acids is 2. The maximum absolute atomic E-state index is 11.9. The Kier molecular flexibility index (Phi) is 4.90. The molecule has 1 aliphatic rings. The number of amides is 1. The topological polar surface area (TPSA) is 46.2 Å². The van der Waals surface area contributed by atoms with Crippen molar-refractivity contribution in [1.29, 1.82) is 0 Å². The lowest BCUT2D eigenvalue weighted by Crippen LogP contribution is -2.19. The molecule has 1 saturated carbocycles. The second-order valence-electron chi connectivity index (χ2n) is 4.91. The van der Waals surface area contributed by atoms with E-state index >= 15 is 0 Å². The molecule has 1 aliphatic carbocycles. The van der Waals surface area contributed by atoms with Crippen LogP contribution in [0.2, 0.25) is 0 Å². The summed E-state index contributed by atoms with van der Waals surface area (Å²) in [6.07, 6.45) is 8.44. The van der Waals surface area contributed by atoms with Crippen LogP contribution < -0.4 is 5.32 Å². The van der Waals surface area contributed by atoms with E-state index in [1.165, 1.54) is 18.7 Å².